The number of Topliss-reactive ketones (excluding diaryl/α,β-unsaturated/α-hetero) is 1. The smallest absolute Gasteiger partial charge is 0.168 e. The molecule has 3 fully saturated rings. The Hall–Kier alpha value is -2.03. The number of fused-ring (bicyclic) bond motifs is 4. The molecule has 1 unspecified atom stereocenters. The summed E-state index contributed by atoms with van der Waals surface area (Å²) in [7, 11) is 0. The number of halogens is 2. The molecule has 0 aliphatic heterocycles. The molecule has 0 spiro atoms. The van der Waals surface area contributed by atoms with E-state index in [-0.39, 0.29) is 12.0 Å². The molecular formula is C29H36F2O. The molecule has 2 aromatic rings. The molecule has 0 N–H and O–H groups in total. The second-order valence-corrected chi connectivity index (χ2v) is 10.5. The number of hydrogen-bond donors (Lipinski definition) is 0. The monoisotopic (exact) mass is 438 g/mol. The first kappa shape index (κ1) is 23.1. The highest BCUT2D eigenvalue weighted by molar-refractivity contribution is 5.97. The SMILES string of the molecule is CCCCCCC(=O)c1c(F)cc(-c2ccc(C3CCC4(C)CCC3CC4)cc2)cc1F. The van der Waals surface area contributed by atoms with Crippen molar-refractivity contribution >= 4 is 5.78 Å². The standard InChI is InChI=1S/C29H36F2O/c1-3-4-5-6-7-27(32)28-25(30)18-23(19-26(28)31)20-8-10-21(11-9-20)24-14-17-29(2)15-12-22(24)13-16-29/h8-11,18-19,22,24H,3-7,12-17H2,1-2H3. The van der Waals surface area contributed by atoms with E-state index in [0.717, 1.165) is 30.7 Å². The van der Waals surface area contributed by atoms with Crippen LogP contribution in [0.2, 0.25) is 0 Å². The Morgan fingerprint density at radius 3 is 2.16 bits per heavy atom. The fraction of sp³-hybridized carbons (Fsp3) is 0.552. The Bertz CT molecular complexity index is 915. The van der Waals surface area contributed by atoms with E-state index in [0.29, 0.717) is 23.3 Å². The minimum atomic E-state index is -0.751. The lowest BCUT2D eigenvalue weighted by atomic mass is 9.72. The van der Waals surface area contributed by atoms with Gasteiger partial charge in [-0.15, -0.1) is 0 Å². The van der Waals surface area contributed by atoms with Crippen molar-refractivity contribution in [2.45, 2.75) is 90.4 Å². The molecule has 32 heavy (non-hydrogen) atoms. The Morgan fingerprint density at radius 2 is 1.53 bits per heavy atom. The first-order valence-electron chi connectivity index (χ1n) is 12.5. The zero-order valence-corrected chi connectivity index (χ0v) is 19.6. The third-order valence-electron chi connectivity index (χ3n) is 8.12. The van der Waals surface area contributed by atoms with Gasteiger partial charge in [-0.05, 0) is 91.0 Å². The normalized spacial score (nSPS) is 25.0. The van der Waals surface area contributed by atoms with Gasteiger partial charge in [-0.25, -0.2) is 8.78 Å². The number of hydrogen-bond acceptors (Lipinski definition) is 1. The van der Waals surface area contributed by atoms with Crippen LogP contribution in [0.4, 0.5) is 8.78 Å². The van der Waals surface area contributed by atoms with Gasteiger partial charge in [0, 0.05) is 6.42 Å². The summed E-state index contributed by atoms with van der Waals surface area (Å²) >= 11 is 0. The highest BCUT2D eigenvalue weighted by atomic mass is 19.1. The Kier molecular flexibility index (Phi) is 7.12. The Balaban J connectivity index is 1.49. The fourth-order valence-corrected chi connectivity index (χ4v) is 5.93. The van der Waals surface area contributed by atoms with Gasteiger partial charge in [-0.2, -0.15) is 0 Å². The largest absolute Gasteiger partial charge is 0.294 e. The number of unbranched alkanes of at least 4 members (excludes halogenated alkanes) is 3. The van der Waals surface area contributed by atoms with E-state index in [9.17, 15) is 13.6 Å². The minimum absolute atomic E-state index is 0.198. The van der Waals surface area contributed by atoms with Gasteiger partial charge in [-0.3, -0.25) is 4.79 Å². The van der Waals surface area contributed by atoms with E-state index >= 15 is 0 Å². The summed E-state index contributed by atoms with van der Waals surface area (Å²) in [5, 5.41) is 0. The topological polar surface area (TPSA) is 17.1 Å². The van der Waals surface area contributed by atoms with Crippen LogP contribution in [-0.2, 0) is 0 Å². The van der Waals surface area contributed by atoms with Gasteiger partial charge in [0.1, 0.15) is 11.6 Å². The molecule has 0 heterocycles. The van der Waals surface area contributed by atoms with Crippen LogP contribution in [0, 0.1) is 23.0 Å². The molecule has 1 atom stereocenters. The molecule has 3 aliphatic rings. The van der Waals surface area contributed by atoms with E-state index in [2.05, 4.69) is 26.0 Å². The van der Waals surface area contributed by atoms with Crippen molar-refractivity contribution in [3.63, 3.8) is 0 Å². The molecule has 0 saturated heterocycles. The second-order valence-electron chi connectivity index (χ2n) is 10.5. The summed E-state index contributed by atoms with van der Waals surface area (Å²) in [6.07, 6.45) is 11.7. The molecule has 172 valence electrons. The van der Waals surface area contributed by atoms with Crippen LogP contribution >= 0.6 is 0 Å². The molecule has 1 nitrogen and oxygen atoms in total. The average molecular weight is 439 g/mol. The Labute approximate surface area is 191 Å². The van der Waals surface area contributed by atoms with Crippen molar-refractivity contribution in [1.82, 2.24) is 0 Å². The van der Waals surface area contributed by atoms with Crippen molar-refractivity contribution in [1.29, 1.82) is 0 Å². The van der Waals surface area contributed by atoms with Gasteiger partial charge < -0.3 is 0 Å². The second kappa shape index (κ2) is 9.85. The summed E-state index contributed by atoms with van der Waals surface area (Å²) in [6.45, 7) is 4.53. The third kappa shape index (κ3) is 4.97. The first-order chi connectivity index (χ1) is 15.4. The van der Waals surface area contributed by atoms with E-state index < -0.39 is 17.4 Å². The average Bonchev–Trinajstić information content (AvgIpc) is 3.05. The molecule has 0 aromatic heterocycles. The molecule has 2 aromatic carbocycles. The van der Waals surface area contributed by atoms with E-state index in [1.165, 1.54) is 56.2 Å². The van der Waals surface area contributed by atoms with Crippen LogP contribution in [0.15, 0.2) is 36.4 Å². The number of ketones is 1. The number of carbonyl (C=O) groups is 1. The summed E-state index contributed by atoms with van der Waals surface area (Å²) in [6, 6.07) is 10.9. The van der Waals surface area contributed by atoms with Gasteiger partial charge in [0.25, 0.3) is 0 Å². The first-order valence-corrected chi connectivity index (χ1v) is 12.5. The molecule has 3 aliphatic carbocycles. The van der Waals surface area contributed by atoms with Gasteiger partial charge >= 0.3 is 0 Å². The maximum absolute atomic E-state index is 14.7. The molecule has 0 amide bonds. The summed E-state index contributed by atoms with van der Waals surface area (Å²) < 4.78 is 29.4. The van der Waals surface area contributed by atoms with E-state index in [1.807, 2.05) is 12.1 Å². The Morgan fingerprint density at radius 1 is 0.906 bits per heavy atom. The van der Waals surface area contributed by atoms with Gasteiger partial charge in [0.15, 0.2) is 5.78 Å². The van der Waals surface area contributed by atoms with Crippen LogP contribution in [0.25, 0.3) is 11.1 Å². The molecule has 0 radical (unpaired) electrons. The molecular weight excluding hydrogens is 402 g/mol. The molecule has 2 bridgehead atoms. The molecule has 5 rings (SSSR count). The number of carbonyl (C=O) groups excluding carboxylic acids is 1. The van der Waals surface area contributed by atoms with Crippen LogP contribution in [0.3, 0.4) is 0 Å². The molecule has 3 heteroatoms. The zero-order chi connectivity index (χ0) is 22.7. The predicted molar refractivity (Wildman–Crippen MR) is 127 cm³/mol. The van der Waals surface area contributed by atoms with Crippen LogP contribution < -0.4 is 0 Å². The van der Waals surface area contributed by atoms with Crippen molar-refractivity contribution in [2.24, 2.45) is 11.3 Å². The quantitative estimate of drug-likeness (QED) is 0.297. The maximum Gasteiger partial charge on any atom is 0.168 e. The predicted octanol–water partition coefficient (Wildman–Crippen LogP) is 8.86. The summed E-state index contributed by atoms with van der Waals surface area (Å²) in [5.74, 6) is -0.587. The highest BCUT2D eigenvalue weighted by Crippen LogP contribution is 2.52. The van der Waals surface area contributed by atoms with Crippen LogP contribution in [0.1, 0.15) is 106 Å². The molecule has 3 saturated carbocycles. The lowest BCUT2D eigenvalue weighted by molar-refractivity contribution is 0.0971. The van der Waals surface area contributed by atoms with Crippen LogP contribution in [-0.4, -0.2) is 5.78 Å². The fourth-order valence-electron chi connectivity index (χ4n) is 5.93. The van der Waals surface area contributed by atoms with E-state index in [1.54, 1.807) is 0 Å². The maximum atomic E-state index is 14.7. The lowest BCUT2D eigenvalue weighted by Gasteiger charge is -2.34. The van der Waals surface area contributed by atoms with Gasteiger partial charge in [0.05, 0.1) is 5.56 Å². The zero-order valence-electron chi connectivity index (χ0n) is 19.6. The summed E-state index contributed by atoms with van der Waals surface area (Å²) in [5.41, 5.74) is 2.77. The lowest BCUT2D eigenvalue weighted by Crippen LogP contribution is -2.21. The van der Waals surface area contributed by atoms with E-state index in [4.69, 9.17) is 0 Å². The van der Waals surface area contributed by atoms with Gasteiger partial charge in [-0.1, -0.05) is 57.4 Å². The minimum Gasteiger partial charge on any atom is -0.294 e. The van der Waals surface area contributed by atoms with Gasteiger partial charge in [0.2, 0.25) is 0 Å². The number of benzene rings is 2. The van der Waals surface area contributed by atoms with Crippen molar-refractivity contribution in [3.05, 3.63) is 59.2 Å². The highest BCUT2D eigenvalue weighted by Gasteiger charge is 2.39. The van der Waals surface area contributed by atoms with Crippen molar-refractivity contribution < 1.29 is 13.6 Å². The third-order valence-corrected chi connectivity index (χ3v) is 8.12. The van der Waals surface area contributed by atoms with Crippen LogP contribution in [0.5, 0.6) is 0 Å². The van der Waals surface area contributed by atoms with Crippen molar-refractivity contribution in [3.8, 4) is 11.1 Å². The number of rotatable bonds is 8. The van der Waals surface area contributed by atoms with Crippen molar-refractivity contribution in [2.75, 3.05) is 0 Å². The summed E-state index contributed by atoms with van der Waals surface area (Å²) in [4.78, 5) is 12.4.